The van der Waals surface area contributed by atoms with Crippen molar-refractivity contribution in [2.45, 2.75) is 44.2 Å². The summed E-state index contributed by atoms with van der Waals surface area (Å²) < 4.78 is 0. The number of hydrogen-bond donors (Lipinski definition) is 3. The quantitative estimate of drug-likeness (QED) is 0.789. The molecular weight excluding hydrogens is 314 g/mol. The molecule has 2 saturated heterocycles. The highest BCUT2D eigenvalue weighted by Gasteiger charge is 2.34. The van der Waals surface area contributed by atoms with Gasteiger partial charge in [-0.15, -0.1) is 12.4 Å². The summed E-state index contributed by atoms with van der Waals surface area (Å²) in [6, 6.07) is 8.30. The van der Waals surface area contributed by atoms with Gasteiger partial charge in [0.25, 0.3) is 5.91 Å². The minimum absolute atomic E-state index is 0. The first kappa shape index (κ1) is 17.8. The van der Waals surface area contributed by atoms with Gasteiger partial charge in [-0.25, -0.2) is 0 Å². The summed E-state index contributed by atoms with van der Waals surface area (Å²) in [7, 11) is 1.59. The van der Waals surface area contributed by atoms with Crippen LogP contribution in [0.15, 0.2) is 24.3 Å². The van der Waals surface area contributed by atoms with Crippen molar-refractivity contribution in [1.29, 1.82) is 0 Å². The highest BCUT2D eigenvalue weighted by Crippen LogP contribution is 2.32. The number of fused-ring (bicyclic) bond motifs is 2. The van der Waals surface area contributed by atoms with Crippen LogP contribution in [0.25, 0.3) is 0 Å². The highest BCUT2D eigenvalue weighted by molar-refractivity contribution is 6.03. The molecule has 0 aliphatic carbocycles. The summed E-state index contributed by atoms with van der Waals surface area (Å²) in [5.74, 6) is 0.268. The molecule has 2 atom stereocenters. The van der Waals surface area contributed by atoms with Crippen molar-refractivity contribution in [2.24, 2.45) is 5.92 Å². The zero-order chi connectivity index (χ0) is 15.5. The van der Waals surface area contributed by atoms with Crippen molar-refractivity contribution in [3.8, 4) is 0 Å². The van der Waals surface area contributed by atoms with Crippen LogP contribution in [0.1, 0.15) is 42.5 Å². The van der Waals surface area contributed by atoms with Crippen LogP contribution in [-0.2, 0) is 4.79 Å². The van der Waals surface area contributed by atoms with Crippen LogP contribution in [0.4, 0.5) is 5.69 Å². The van der Waals surface area contributed by atoms with E-state index in [1.807, 2.05) is 6.07 Å². The van der Waals surface area contributed by atoms with Gasteiger partial charge in [-0.1, -0.05) is 12.1 Å². The number of carbonyl (C=O) groups is 2. The van der Waals surface area contributed by atoms with Crippen LogP contribution in [-0.4, -0.2) is 30.9 Å². The van der Waals surface area contributed by atoms with Gasteiger partial charge < -0.3 is 16.0 Å². The molecular formula is C17H24ClN3O2. The fraction of sp³-hybridized carbons (Fsp3) is 0.529. The van der Waals surface area contributed by atoms with E-state index in [4.69, 9.17) is 0 Å². The van der Waals surface area contributed by atoms with E-state index in [0.29, 0.717) is 35.7 Å². The van der Waals surface area contributed by atoms with Gasteiger partial charge >= 0.3 is 0 Å². The van der Waals surface area contributed by atoms with Crippen molar-refractivity contribution in [2.75, 3.05) is 12.4 Å². The molecule has 0 saturated carbocycles. The lowest BCUT2D eigenvalue weighted by Crippen LogP contribution is -2.39. The third-order valence-corrected chi connectivity index (χ3v) is 4.72. The molecule has 6 heteroatoms. The molecule has 3 rings (SSSR count). The highest BCUT2D eigenvalue weighted by atomic mass is 35.5. The third kappa shape index (κ3) is 4.24. The summed E-state index contributed by atoms with van der Waals surface area (Å²) in [6.07, 6.45) is 5.18. The fourth-order valence-corrected chi connectivity index (χ4v) is 3.73. The fourth-order valence-electron chi connectivity index (χ4n) is 3.73. The lowest BCUT2D eigenvalue weighted by atomic mass is 9.89. The Morgan fingerprint density at radius 1 is 1.17 bits per heavy atom. The van der Waals surface area contributed by atoms with Gasteiger partial charge in [-0.2, -0.15) is 0 Å². The molecule has 2 aliphatic rings. The zero-order valence-electron chi connectivity index (χ0n) is 13.3. The first-order valence-electron chi connectivity index (χ1n) is 8.02. The summed E-state index contributed by atoms with van der Waals surface area (Å²) in [4.78, 5) is 24.1. The van der Waals surface area contributed by atoms with Gasteiger partial charge in [0.05, 0.1) is 11.3 Å². The Bertz CT molecular complexity index is 567. The lowest BCUT2D eigenvalue weighted by Gasteiger charge is -2.28. The Balaban J connectivity index is 0.00000192. The molecule has 2 fully saturated rings. The molecule has 2 aliphatic heterocycles. The molecule has 23 heavy (non-hydrogen) atoms. The van der Waals surface area contributed by atoms with E-state index in [1.165, 1.54) is 12.8 Å². The summed E-state index contributed by atoms with van der Waals surface area (Å²) >= 11 is 0. The number of halogens is 1. The van der Waals surface area contributed by atoms with E-state index in [9.17, 15) is 9.59 Å². The Labute approximate surface area is 143 Å². The average molecular weight is 338 g/mol. The van der Waals surface area contributed by atoms with Crippen molar-refractivity contribution in [1.82, 2.24) is 10.6 Å². The summed E-state index contributed by atoms with van der Waals surface area (Å²) in [6.45, 7) is 0. The average Bonchev–Trinajstić information content (AvgIpc) is 2.85. The minimum atomic E-state index is -0.184. The molecule has 126 valence electrons. The number of anilines is 1. The molecule has 2 heterocycles. The normalized spacial score (nSPS) is 25.3. The topological polar surface area (TPSA) is 70.2 Å². The third-order valence-electron chi connectivity index (χ3n) is 4.72. The van der Waals surface area contributed by atoms with E-state index >= 15 is 0 Å². The maximum atomic E-state index is 12.3. The number of piperidine rings is 1. The van der Waals surface area contributed by atoms with E-state index in [-0.39, 0.29) is 24.2 Å². The lowest BCUT2D eigenvalue weighted by molar-refractivity contribution is -0.117. The SMILES string of the molecule is CNC(=O)c1ccccc1NC(=O)CC1CC2CCC(C1)N2.Cl. The largest absolute Gasteiger partial charge is 0.355 e. The Morgan fingerprint density at radius 2 is 1.83 bits per heavy atom. The van der Waals surface area contributed by atoms with Gasteiger partial charge in [0.2, 0.25) is 5.91 Å². The first-order chi connectivity index (χ1) is 10.7. The number of para-hydroxylation sites is 1. The minimum Gasteiger partial charge on any atom is -0.355 e. The molecule has 5 nitrogen and oxygen atoms in total. The standard InChI is InChI=1S/C17H23N3O2.ClH/c1-18-17(22)14-4-2-3-5-15(14)20-16(21)10-11-8-12-6-7-13(9-11)19-12;/h2-5,11-13,19H,6-10H2,1H3,(H,18,22)(H,20,21);1H. The Kier molecular flexibility index (Phi) is 6.02. The van der Waals surface area contributed by atoms with Crippen molar-refractivity contribution in [3.63, 3.8) is 0 Å². The van der Waals surface area contributed by atoms with Gasteiger partial charge in [0.1, 0.15) is 0 Å². The Hall–Kier alpha value is -1.59. The number of amides is 2. The van der Waals surface area contributed by atoms with Gasteiger partial charge in [-0.3, -0.25) is 9.59 Å². The predicted molar refractivity (Wildman–Crippen MR) is 93.0 cm³/mol. The van der Waals surface area contributed by atoms with E-state index in [1.54, 1.807) is 25.2 Å². The number of nitrogens with one attached hydrogen (secondary N) is 3. The monoisotopic (exact) mass is 337 g/mol. The molecule has 0 radical (unpaired) electrons. The molecule has 3 N–H and O–H groups in total. The van der Waals surface area contributed by atoms with Gasteiger partial charge in [0.15, 0.2) is 0 Å². The number of carbonyl (C=O) groups excluding carboxylic acids is 2. The summed E-state index contributed by atoms with van der Waals surface area (Å²) in [5, 5.41) is 9.09. The number of hydrogen-bond acceptors (Lipinski definition) is 3. The predicted octanol–water partition coefficient (Wildman–Crippen LogP) is 2.33. The van der Waals surface area contributed by atoms with Crippen LogP contribution < -0.4 is 16.0 Å². The second-order valence-corrected chi connectivity index (χ2v) is 6.35. The van der Waals surface area contributed by atoms with Crippen molar-refractivity contribution < 1.29 is 9.59 Å². The van der Waals surface area contributed by atoms with Crippen molar-refractivity contribution in [3.05, 3.63) is 29.8 Å². The van der Waals surface area contributed by atoms with Gasteiger partial charge in [-0.05, 0) is 43.7 Å². The van der Waals surface area contributed by atoms with E-state index < -0.39 is 0 Å². The number of rotatable bonds is 4. The second kappa shape index (κ2) is 7.79. The molecule has 2 bridgehead atoms. The van der Waals surface area contributed by atoms with Crippen LogP contribution >= 0.6 is 12.4 Å². The number of benzene rings is 1. The second-order valence-electron chi connectivity index (χ2n) is 6.35. The van der Waals surface area contributed by atoms with Crippen LogP contribution in [0.5, 0.6) is 0 Å². The van der Waals surface area contributed by atoms with Crippen LogP contribution in [0.3, 0.4) is 0 Å². The van der Waals surface area contributed by atoms with Crippen LogP contribution in [0, 0.1) is 5.92 Å². The zero-order valence-corrected chi connectivity index (χ0v) is 14.1. The maximum absolute atomic E-state index is 12.3. The van der Waals surface area contributed by atoms with Crippen molar-refractivity contribution >= 4 is 29.9 Å². The first-order valence-corrected chi connectivity index (χ1v) is 8.02. The summed E-state index contributed by atoms with van der Waals surface area (Å²) in [5.41, 5.74) is 1.09. The molecule has 2 unspecified atom stereocenters. The maximum Gasteiger partial charge on any atom is 0.253 e. The molecule has 0 spiro atoms. The van der Waals surface area contributed by atoms with E-state index in [2.05, 4.69) is 16.0 Å². The smallest absolute Gasteiger partial charge is 0.253 e. The molecule has 1 aromatic rings. The van der Waals surface area contributed by atoms with Crippen LogP contribution in [0.2, 0.25) is 0 Å². The molecule has 1 aromatic carbocycles. The Morgan fingerprint density at radius 3 is 2.48 bits per heavy atom. The molecule has 0 aromatic heterocycles. The van der Waals surface area contributed by atoms with Gasteiger partial charge in [0, 0.05) is 25.6 Å². The van der Waals surface area contributed by atoms with E-state index in [0.717, 1.165) is 12.8 Å². The molecule has 2 amide bonds.